The maximum atomic E-state index is 11.2. The second-order valence-electron chi connectivity index (χ2n) is 3.30. The van der Waals surface area contributed by atoms with Crippen LogP contribution in [-0.4, -0.2) is 17.4 Å². The van der Waals surface area contributed by atoms with Gasteiger partial charge in [0, 0.05) is 28.2 Å². The smallest absolute Gasteiger partial charge is 0.238 e. The van der Waals surface area contributed by atoms with E-state index in [9.17, 15) is 4.79 Å². The first-order valence-electron chi connectivity index (χ1n) is 4.74. The van der Waals surface area contributed by atoms with Gasteiger partial charge >= 0.3 is 0 Å². The number of rotatable bonds is 2. The van der Waals surface area contributed by atoms with Crippen LogP contribution in [0.15, 0.2) is 30.6 Å². The highest BCUT2D eigenvalue weighted by Crippen LogP contribution is 2.27. The molecule has 3 N–H and O–H groups in total. The van der Waals surface area contributed by atoms with E-state index in [0.29, 0.717) is 10.7 Å². The van der Waals surface area contributed by atoms with E-state index in [1.54, 1.807) is 24.5 Å². The number of hydrogen-bond acceptors (Lipinski definition) is 3. The summed E-state index contributed by atoms with van der Waals surface area (Å²) in [7, 11) is 0. The summed E-state index contributed by atoms with van der Waals surface area (Å²) in [5.41, 5.74) is 5.90. The molecule has 1 amide bonds. The van der Waals surface area contributed by atoms with Crippen molar-refractivity contribution in [2.45, 2.75) is 0 Å². The van der Waals surface area contributed by atoms with E-state index in [1.807, 2.05) is 6.07 Å². The average molecular weight is 236 g/mol. The van der Waals surface area contributed by atoms with E-state index in [1.165, 1.54) is 0 Å². The molecule has 1 aromatic heterocycles. The van der Waals surface area contributed by atoms with Gasteiger partial charge in [-0.2, -0.15) is 0 Å². The van der Waals surface area contributed by atoms with E-state index in [2.05, 4.69) is 10.3 Å². The first-order chi connectivity index (χ1) is 7.70. The number of anilines is 1. The van der Waals surface area contributed by atoms with Crippen molar-refractivity contribution in [1.82, 2.24) is 4.98 Å². The van der Waals surface area contributed by atoms with E-state index in [0.717, 1.165) is 10.8 Å². The van der Waals surface area contributed by atoms with Crippen LogP contribution in [0.1, 0.15) is 0 Å². The number of nitrogens with two attached hydrogens (primary N) is 1. The summed E-state index contributed by atoms with van der Waals surface area (Å²) in [6.45, 7) is -0.0565. The molecule has 2 aromatic rings. The van der Waals surface area contributed by atoms with E-state index in [-0.39, 0.29) is 12.5 Å². The van der Waals surface area contributed by atoms with Crippen LogP contribution in [0, 0.1) is 0 Å². The third-order valence-corrected chi connectivity index (χ3v) is 2.40. The Morgan fingerprint density at radius 3 is 3.06 bits per heavy atom. The van der Waals surface area contributed by atoms with E-state index < -0.39 is 0 Å². The minimum atomic E-state index is -0.250. The van der Waals surface area contributed by atoms with Gasteiger partial charge in [-0.25, -0.2) is 0 Å². The molecule has 0 bridgehead atoms. The van der Waals surface area contributed by atoms with E-state index >= 15 is 0 Å². The Hall–Kier alpha value is -1.65. The number of carbonyl (C=O) groups excluding carboxylic acids is 1. The number of halogens is 1. The second-order valence-corrected chi connectivity index (χ2v) is 3.74. The fraction of sp³-hybridized carbons (Fsp3) is 0.0909. The van der Waals surface area contributed by atoms with Gasteiger partial charge in [0.1, 0.15) is 0 Å². The number of pyridine rings is 1. The third-order valence-electron chi connectivity index (χ3n) is 2.18. The van der Waals surface area contributed by atoms with Gasteiger partial charge in [0.15, 0.2) is 0 Å². The fourth-order valence-corrected chi connectivity index (χ4v) is 1.70. The summed E-state index contributed by atoms with van der Waals surface area (Å²) in [4.78, 5) is 15.2. The van der Waals surface area contributed by atoms with Gasteiger partial charge in [-0.1, -0.05) is 11.6 Å². The molecular formula is C11H10ClN3O. The first kappa shape index (κ1) is 10.9. The Kier molecular flexibility index (Phi) is 3.03. The zero-order chi connectivity index (χ0) is 11.5. The molecule has 0 aliphatic carbocycles. The molecule has 0 atom stereocenters. The second kappa shape index (κ2) is 4.47. The molecule has 5 heteroatoms. The zero-order valence-corrected chi connectivity index (χ0v) is 9.16. The molecule has 1 aromatic carbocycles. The predicted octanol–water partition coefficient (Wildman–Crippen LogP) is 1.79. The van der Waals surface area contributed by atoms with Crippen molar-refractivity contribution in [3.05, 3.63) is 35.6 Å². The lowest BCUT2D eigenvalue weighted by molar-refractivity contribution is -0.114. The fourth-order valence-electron chi connectivity index (χ4n) is 1.48. The Balaban J connectivity index is 2.54. The van der Waals surface area contributed by atoms with Crippen molar-refractivity contribution in [2.24, 2.45) is 5.73 Å². The number of hydrogen-bond donors (Lipinski definition) is 2. The minimum absolute atomic E-state index is 0.0565. The molecule has 0 fully saturated rings. The molecule has 2 rings (SSSR count). The van der Waals surface area contributed by atoms with Gasteiger partial charge in [0.2, 0.25) is 5.91 Å². The molecule has 0 spiro atoms. The van der Waals surface area contributed by atoms with Crippen LogP contribution >= 0.6 is 11.6 Å². The maximum absolute atomic E-state index is 11.2. The number of fused-ring (bicyclic) bond motifs is 1. The largest absolute Gasteiger partial charge is 0.324 e. The molecule has 16 heavy (non-hydrogen) atoms. The molecule has 0 unspecified atom stereocenters. The number of amides is 1. The van der Waals surface area contributed by atoms with Crippen molar-refractivity contribution >= 4 is 34.0 Å². The topological polar surface area (TPSA) is 68.0 Å². The lowest BCUT2D eigenvalue weighted by atomic mass is 10.1. The maximum Gasteiger partial charge on any atom is 0.238 e. The highest BCUT2D eigenvalue weighted by molar-refractivity contribution is 6.32. The van der Waals surface area contributed by atoms with Gasteiger partial charge in [-0.15, -0.1) is 0 Å². The summed E-state index contributed by atoms with van der Waals surface area (Å²) in [6.07, 6.45) is 3.35. The molecule has 4 nitrogen and oxygen atoms in total. The Labute approximate surface area is 97.4 Å². The standard InChI is InChI=1S/C11H10ClN3O/c12-8-3-7-6-14-2-1-9(7)10(4-8)15-11(16)5-13/h1-4,6H,5,13H2,(H,15,16). The summed E-state index contributed by atoms with van der Waals surface area (Å²) in [5, 5.41) is 5.02. The van der Waals surface area contributed by atoms with Crippen LogP contribution in [0.2, 0.25) is 5.02 Å². The normalized spacial score (nSPS) is 10.4. The number of nitrogens with one attached hydrogen (secondary N) is 1. The molecule has 0 saturated heterocycles. The van der Waals surface area contributed by atoms with Crippen LogP contribution in [0.3, 0.4) is 0 Å². The number of nitrogens with zero attached hydrogens (tertiary/aromatic N) is 1. The monoisotopic (exact) mass is 235 g/mol. The van der Waals surface area contributed by atoms with Crippen LogP contribution in [0.4, 0.5) is 5.69 Å². The molecule has 0 aliphatic heterocycles. The summed E-state index contributed by atoms with van der Waals surface area (Å²) >= 11 is 5.94. The summed E-state index contributed by atoms with van der Waals surface area (Å²) < 4.78 is 0. The quantitative estimate of drug-likeness (QED) is 0.834. The minimum Gasteiger partial charge on any atom is -0.324 e. The number of aromatic nitrogens is 1. The third kappa shape index (κ3) is 2.13. The average Bonchev–Trinajstić information content (AvgIpc) is 2.28. The highest BCUT2D eigenvalue weighted by atomic mass is 35.5. The Morgan fingerprint density at radius 2 is 2.31 bits per heavy atom. The molecule has 0 saturated carbocycles. The summed E-state index contributed by atoms with van der Waals surface area (Å²) in [5.74, 6) is -0.250. The lowest BCUT2D eigenvalue weighted by Crippen LogP contribution is -2.21. The van der Waals surface area contributed by atoms with E-state index in [4.69, 9.17) is 17.3 Å². The molecular weight excluding hydrogens is 226 g/mol. The van der Waals surface area contributed by atoms with Gasteiger partial charge in [0.25, 0.3) is 0 Å². The van der Waals surface area contributed by atoms with Gasteiger partial charge < -0.3 is 11.1 Å². The SMILES string of the molecule is NCC(=O)Nc1cc(Cl)cc2cnccc12. The number of benzene rings is 1. The van der Waals surface area contributed by atoms with Gasteiger partial charge in [-0.05, 0) is 18.2 Å². The predicted molar refractivity (Wildman–Crippen MR) is 64.4 cm³/mol. The lowest BCUT2D eigenvalue weighted by Gasteiger charge is -2.08. The van der Waals surface area contributed by atoms with Gasteiger partial charge in [0.05, 0.1) is 12.2 Å². The molecule has 1 heterocycles. The zero-order valence-electron chi connectivity index (χ0n) is 8.40. The Morgan fingerprint density at radius 1 is 1.50 bits per heavy atom. The van der Waals surface area contributed by atoms with Crippen molar-refractivity contribution in [1.29, 1.82) is 0 Å². The number of carbonyl (C=O) groups is 1. The Bertz CT molecular complexity index is 542. The van der Waals surface area contributed by atoms with Crippen LogP contribution in [-0.2, 0) is 4.79 Å². The van der Waals surface area contributed by atoms with Crippen LogP contribution in [0.5, 0.6) is 0 Å². The van der Waals surface area contributed by atoms with Gasteiger partial charge in [-0.3, -0.25) is 9.78 Å². The molecule has 0 aliphatic rings. The highest BCUT2D eigenvalue weighted by Gasteiger charge is 2.05. The molecule has 82 valence electrons. The summed E-state index contributed by atoms with van der Waals surface area (Å²) in [6, 6.07) is 5.30. The molecule has 0 radical (unpaired) electrons. The van der Waals surface area contributed by atoms with Crippen molar-refractivity contribution in [2.75, 3.05) is 11.9 Å². The van der Waals surface area contributed by atoms with Crippen molar-refractivity contribution < 1.29 is 4.79 Å². The van der Waals surface area contributed by atoms with Crippen LogP contribution < -0.4 is 11.1 Å². The van der Waals surface area contributed by atoms with Crippen LogP contribution in [0.25, 0.3) is 10.8 Å². The van der Waals surface area contributed by atoms with Crippen molar-refractivity contribution in [3.8, 4) is 0 Å². The first-order valence-corrected chi connectivity index (χ1v) is 5.11. The van der Waals surface area contributed by atoms with Crippen molar-refractivity contribution in [3.63, 3.8) is 0 Å².